The molecular formula is C21H16ClN3O. The molecule has 0 aliphatic heterocycles. The predicted molar refractivity (Wildman–Crippen MR) is 105 cm³/mol. The molecule has 0 saturated heterocycles. The number of aromatic nitrogens is 2. The smallest absolute Gasteiger partial charge is 0.147 e. The molecule has 0 radical (unpaired) electrons. The van der Waals surface area contributed by atoms with Crippen LogP contribution in [0.2, 0.25) is 5.02 Å². The maximum Gasteiger partial charge on any atom is 0.147 e. The molecule has 0 spiro atoms. The van der Waals surface area contributed by atoms with E-state index >= 15 is 0 Å². The summed E-state index contributed by atoms with van der Waals surface area (Å²) in [5.74, 6) is 0.790. The van der Waals surface area contributed by atoms with Gasteiger partial charge in [-0.15, -0.1) is 0 Å². The van der Waals surface area contributed by atoms with Crippen molar-refractivity contribution in [2.75, 3.05) is 5.32 Å². The Morgan fingerprint density at radius 2 is 1.73 bits per heavy atom. The number of hydrogen-bond donors (Lipinski definition) is 2. The van der Waals surface area contributed by atoms with Gasteiger partial charge < -0.3 is 10.4 Å². The van der Waals surface area contributed by atoms with E-state index in [4.69, 9.17) is 11.6 Å². The minimum absolute atomic E-state index is 0.159. The van der Waals surface area contributed by atoms with Crippen LogP contribution >= 0.6 is 11.6 Å². The first-order valence-corrected chi connectivity index (χ1v) is 8.60. The summed E-state index contributed by atoms with van der Waals surface area (Å²) in [4.78, 5) is 8.65. The number of fused-ring (bicyclic) bond motifs is 1. The van der Waals surface area contributed by atoms with E-state index in [1.54, 1.807) is 24.5 Å². The number of nitrogens with one attached hydrogen (secondary N) is 1. The molecule has 1 atom stereocenters. The second-order valence-electron chi connectivity index (χ2n) is 5.93. The average Bonchev–Trinajstić information content (AvgIpc) is 2.68. The average molecular weight is 362 g/mol. The standard InChI is InChI=1S/C21H16ClN3O/c22-16-10-12-23-18(13-16)25-19(14-5-2-1-3-6-14)17-9-8-15-7-4-11-24-20(15)21(17)26/h1-13,19,26H,(H,23,25). The number of benzene rings is 2. The molecule has 2 N–H and O–H groups in total. The quantitative estimate of drug-likeness (QED) is 0.525. The number of phenolic OH excluding ortho intramolecular Hbond substituents is 1. The van der Waals surface area contributed by atoms with E-state index < -0.39 is 0 Å². The Balaban J connectivity index is 1.84. The first-order chi connectivity index (χ1) is 12.7. The lowest BCUT2D eigenvalue weighted by atomic mass is 9.96. The zero-order chi connectivity index (χ0) is 17.9. The lowest BCUT2D eigenvalue weighted by molar-refractivity contribution is 0.471. The fourth-order valence-electron chi connectivity index (χ4n) is 3.00. The van der Waals surface area contributed by atoms with Crippen LogP contribution in [0.25, 0.3) is 10.9 Å². The van der Waals surface area contributed by atoms with Crippen molar-refractivity contribution in [3.05, 3.63) is 95.3 Å². The summed E-state index contributed by atoms with van der Waals surface area (Å²) in [6.07, 6.45) is 3.32. The zero-order valence-corrected chi connectivity index (χ0v) is 14.6. The van der Waals surface area contributed by atoms with Gasteiger partial charge in [-0.05, 0) is 23.8 Å². The Kier molecular flexibility index (Phi) is 4.42. The minimum Gasteiger partial charge on any atom is -0.505 e. The Morgan fingerprint density at radius 3 is 2.54 bits per heavy atom. The maximum absolute atomic E-state index is 10.9. The van der Waals surface area contributed by atoms with Gasteiger partial charge in [-0.25, -0.2) is 4.98 Å². The number of rotatable bonds is 4. The van der Waals surface area contributed by atoms with Crippen LogP contribution in [0.5, 0.6) is 5.75 Å². The van der Waals surface area contributed by atoms with Crippen LogP contribution in [0.1, 0.15) is 17.2 Å². The number of phenols is 1. The highest BCUT2D eigenvalue weighted by Crippen LogP contribution is 2.36. The molecule has 0 aliphatic carbocycles. The zero-order valence-electron chi connectivity index (χ0n) is 13.8. The van der Waals surface area contributed by atoms with Crippen molar-refractivity contribution in [3.8, 4) is 5.75 Å². The Labute approximate surface area is 156 Å². The van der Waals surface area contributed by atoms with E-state index in [2.05, 4.69) is 15.3 Å². The third-order valence-electron chi connectivity index (χ3n) is 4.24. The third-order valence-corrected chi connectivity index (χ3v) is 4.47. The number of anilines is 1. The highest BCUT2D eigenvalue weighted by Gasteiger charge is 2.20. The van der Waals surface area contributed by atoms with Crippen molar-refractivity contribution in [2.45, 2.75) is 6.04 Å². The maximum atomic E-state index is 10.9. The van der Waals surface area contributed by atoms with E-state index in [1.165, 1.54) is 0 Å². The Bertz CT molecular complexity index is 1050. The van der Waals surface area contributed by atoms with Crippen molar-refractivity contribution in [2.24, 2.45) is 0 Å². The first kappa shape index (κ1) is 16.4. The van der Waals surface area contributed by atoms with Crippen LogP contribution in [0.4, 0.5) is 5.82 Å². The van der Waals surface area contributed by atoms with Crippen molar-refractivity contribution >= 4 is 28.3 Å². The topological polar surface area (TPSA) is 58.0 Å². The molecule has 0 saturated carbocycles. The van der Waals surface area contributed by atoms with E-state index in [-0.39, 0.29) is 11.8 Å². The number of hydrogen-bond acceptors (Lipinski definition) is 4. The second-order valence-corrected chi connectivity index (χ2v) is 6.36. The summed E-state index contributed by atoms with van der Waals surface area (Å²) in [6.45, 7) is 0. The van der Waals surface area contributed by atoms with Gasteiger partial charge in [-0.3, -0.25) is 4.98 Å². The van der Waals surface area contributed by atoms with Crippen LogP contribution in [0, 0.1) is 0 Å². The number of pyridine rings is 2. The molecule has 4 aromatic rings. The molecule has 0 amide bonds. The molecule has 128 valence electrons. The molecule has 4 rings (SSSR count). The molecule has 0 bridgehead atoms. The molecular weight excluding hydrogens is 346 g/mol. The van der Waals surface area contributed by atoms with Gasteiger partial charge >= 0.3 is 0 Å². The Hall–Kier alpha value is -3.11. The van der Waals surface area contributed by atoms with E-state index in [1.807, 2.05) is 54.6 Å². The lowest BCUT2D eigenvalue weighted by Crippen LogP contribution is -2.13. The van der Waals surface area contributed by atoms with Crippen molar-refractivity contribution in [1.82, 2.24) is 9.97 Å². The van der Waals surface area contributed by atoms with E-state index in [9.17, 15) is 5.11 Å². The number of nitrogens with zero attached hydrogens (tertiary/aromatic N) is 2. The molecule has 2 heterocycles. The summed E-state index contributed by atoms with van der Waals surface area (Å²) < 4.78 is 0. The van der Waals surface area contributed by atoms with Gasteiger partial charge in [0.05, 0.1) is 6.04 Å². The van der Waals surface area contributed by atoms with Crippen LogP contribution < -0.4 is 5.32 Å². The molecule has 4 nitrogen and oxygen atoms in total. The Morgan fingerprint density at radius 1 is 0.885 bits per heavy atom. The molecule has 0 aliphatic rings. The van der Waals surface area contributed by atoms with Gasteiger partial charge in [0.1, 0.15) is 17.1 Å². The summed E-state index contributed by atoms with van der Waals surface area (Å²) in [5, 5.41) is 15.7. The molecule has 0 fully saturated rings. The van der Waals surface area contributed by atoms with Crippen LogP contribution in [-0.4, -0.2) is 15.1 Å². The van der Waals surface area contributed by atoms with Gasteiger partial charge in [-0.2, -0.15) is 0 Å². The third kappa shape index (κ3) is 3.19. The van der Waals surface area contributed by atoms with Crippen LogP contribution in [-0.2, 0) is 0 Å². The van der Waals surface area contributed by atoms with Gasteiger partial charge in [0.25, 0.3) is 0 Å². The van der Waals surface area contributed by atoms with Crippen molar-refractivity contribution in [3.63, 3.8) is 0 Å². The molecule has 2 aromatic carbocycles. The summed E-state index contributed by atoms with van der Waals surface area (Å²) in [6, 6.07) is 20.7. The highest BCUT2D eigenvalue weighted by molar-refractivity contribution is 6.30. The summed E-state index contributed by atoms with van der Waals surface area (Å²) >= 11 is 6.09. The van der Waals surface area contributed by atoms with Gasteiger partial charge in [-0.1, -0.05) is 60.1 Å². The van der Waals surface area contributed by atoms with Crippen LogP contribution in [0.15, 0.2) is 79.1 Å². The first-order valence-electron chi connectivity index (χ1n) is 8.22. The second kappa shape index (κ2) is 7.02. The number of halogens is 1. The fourth-order valence-corrected chi connectivity index (χ4v) is 3.16. The highest BCUT2D eigenvalue weighted by atomic mass is 35.5. The minimum atomic E-state index is -0.298. The monoisotopic (exact) mass is 361 g/mol. The summed E-state index contributed by atoms with van der Waals surface area (Å²) in [7, 11) is 0. The largest absolute Gasteiger partial charge is 0.505 e. The van der Waals surface area contributed by atoms with E-state index in [0.717, 1.165) is 16.5 Å². The van der Waals surface area contributed by atoms with Crippen molar-refractivity contribution in [1.29, 1.82) is 0 Å². The van der Waals surface area contributed by atoms with Gasteiger partial charge in [0.2, 0.25) is 0 Å². The molecule has 2 aromatic heterocycles. The molecule has 26 heavy (non-hydrogen) atoms. The lowest BCUT2D eigenvalue weighted by Gasteiger charge is -2.22. The molecule has 1 unspecified atom stereocenters. The predicted octanol–water partition coefficient (Wildman–Crippen LogP) is 5.19. The van der Waals surface area contributed by atoms with Gasteiger partial charge in [0.15, 0.2) is 0 Å². The molecule has 5 heteroatoms. The van der Waals surface area contributed by atoms with Crippen molar-refractivity contribution < 1.29 is 5.11 Å². The SMILES string of the molecule is Oc1c(C(Nc2cc(Cl)ccn2)c2ccccc2)ccc2cccnc12. The number of aromatic hydroxyl groups is 1. The van der Waals surface area contributed by atoms with E-state index in [0.29, 0.717) is 16.4 Å². The normalized spacial score (nSPS) is 12.0. The van der Waals surface area contributed by atoms with Crippen LogP contribution in [0.3, 0.4) is 0 Å². The fraction of sp³-hybridized carbons (Fsp3) is 0.0476. The summed E-state index contributed by atoms with van der Waals surface area (Å²) in [5.41, 5.74) is 2.30. The van der Waals surface area contributed by atoms with Gasteiger partial charge in [0, 0.05) is 28.4 Å².